The smallest absolute Gasteiger partial charge is 0.316 e. The lowest BCUT2D eigenvalue weighted by Gasteiger charge is -2.19. The molecule has 1 atom stereocenters. The van der Waals surface area contributed by atoms with E-state index in [0.717, 1.165) is 29.9 Å². The molecule has 0 saturated heterocycles. The zero-order valence-electron chi connectivity index (χ0n) is 14.4. The Morgan fingerprint density at radius 2 is 2.29 bits per heavy atom. The van der Waals surface area contributed by atoms with Gasteiger partial charge in [0, 0.05) is 22.4 Å². The second-order valence-electron chi connectivity index (χ2n) is 6.04. The Labute approximate surface area is 150 Å². The number of carbonyl (C=O) groups is 1. The standard InChI is InChI=1S/C17H23N3O2S2/c1-4-20-16(18-19-17(20)24-10-15(21)22-5-2)13-9-23-14-8-11(3)6-7-12(13)14/h9,11H,4-8,10H2,1-3H3/t11-/m0/s1. The van der Waals surface area contributed by atoms with Crippen molar-refractivity contribution in [3.8, 4) is 11.4 Å². The van der Waals surface area contributed by atoms with Gasteiger partial charge in [0.05, 0.1) is 12.4 Å². The highest BCUT2D eigenvalue weighted by Crippen LogP contribution is 2.38. The van der Waals surface area contributed by atoms with E-state index >= 15 is 0 Å². The quantitative estimate of drug-likeness (QED) is 0.575. The SMILES string of the molecule is CCOC(=O)CSc1nnc(-c2csc3c2CC[C@H](C)C3)n1CC. The highest BCUT2D eigenvalue weighted by atomic mass is 32.2. The van der Waals surface area contributed by atoms with E-state index in [0.29, 0.717) is 6.61 Å². The molecule has 0 radical (unpaired) electrons. The summed E-state index contributed by atoms with van der Waals surface area (Å²) in [4.78, 5) is 13.1. The average molecular weight is 366 g/mol. The number of esters is 1. The van der Waals surface area contributed by atoms with Crippen LogP contribution in [0.5, 0.6) is 0 Å². The Kier molecular flexibility index (Phi) is 5.61. The van der Waals surface area contributed by atoms with Crippen LogP contribution in [0.15, 0.2) is 10.5 Å². The second-order valence-corrected chi connectivity index (χ2v) is 7.95. The fourth-order valence-corrected chi connectivity index (χ4v) is 5.11. The van der Waals surface area contributed by atoms with Crippen molar-refractivity contribution in [1.29, 1.82) is 0 Å². The van der Waals surface area contributed by atoms with Crippen molar-refractivity contribution in [2.24, 2.45) is 5.92 Å². The Balaban J connectivity index is 1.84. The van der Waals surface area contributed by atoms with Gasteiger partial charge in [-0.05, 0) is 44.6 Å². The summed E-state index contributed by atoms with van der Waals surface area (Å²) in [7, 11) is 0. The summed E-state index contributed by atoms with van der Waals surface area (Å²) >= 11 is 3.24. The maximum Gasteiger partial charge on any atom is 0.316 e. The van der Waals surface area contributed by atoms with Crippen LogP contribution in [0.1, 0.15) is 37.6 Å². The zero-order valence-corrected chi connectivity index (χ0v) is 16.0. The molecule has 0 bridgehead atoms. The van der Waals surface area contributed by atoms with Crippen LogP contribution in [-0.4, -0.2) is 33.1 Å². The lowest BCUT2D eigenvalue weighted by molar-refractivity contribution is -0.139. The van der Waals surface area contributed by atoms with Crippen LogP contribution in [0.25, 0.3) is 11.4 Å². The predicted octanol–water partition coefficient (Wildman–Crippen LogP) is 3.81. The van der Waals surface area contributed by atoms with Gasteiger partial charge in [0.25, 0.3) is 0 Å². The maximum absolute atomic E-state index is 11.6. The summed E-state index contributed by atoms with van der Waals surface area (Å²) in [5.41, 5.74) is 2.67. The highest BCUT2D eigenvalue weighted by molar-refractivity contribution is 7.99. The number of fused-ring (bicyclic) bond motifs is 1. The number of aromatic nitrogens is 3. The molecule has 2 aromatic heterocycles. The summed E-state index contributed by atoms with van der Waals surface area (Å²) in [6.07, 6.45) is 3.53. The fraction of sp³-hybridized carbons (Fsp3) is 0.588. The Hall–Kier alpha value is -1.34. The van der Waals surface area contributed by atoms with E-state index in [1.807, 2.05) is 18.3 Å². The first-order valence-electron chi connectivity index (χ1n) is 8.45. The molecule has 0 amide bonds. The van der Waals surface area contributed by atoms with Crippen molar-refractivity contribution >= 4 is 29.1 Å². The third kappa shape index (κ3) is 3.52. The van der Waals surface area contributed by atoms with E-state index in [9.17, 15) is 4.79 Å². The second kappa shape index (κ2) is 7.70. The molecule has 0 aromatic carbocycles. The molecular weight excluding hydrogens is 342 g/mol. The van der Waals surface area contributed by atoms with Gasteiger partial charge in [0.1, 0.15) is 0 Å². The zero-order chi connectivity index (χ0) is 17.1. The van der Waals surface area contributed by atoms with Gasteiger partial charge in [-0.3, -0.25) is 4.79 Å². The molecule has 0 aliphatic heterocycles. The average Bonchev–Trinajstić information content (AvgIpc) is 3.15. The summed E-state index contributed by atoms with van der Waals surface area (Å²) in [6.45, 7) is 7.41. The van der Waals surface area contributed by atoms with Gasteiger partial charge in [0.2, 0.25) is 0 Å². The molecule has 1 aliphatic carbocycles. The van der Waals surface area contributed by atoms with E-state index in [-0.39, 0.29) is 11.7 Å². The van der Waals surface area contributed by atoms with Crippen LogP contribution in [0.3, 0.4) is 0 Å². The van der Waals surface area contributed by atoms with Crippen LogP contribution in [0.2, 0.25) is 0 Å². The van der Waals surface area contributed by atoms with E-state index < -0.39 is 0 Å². The molecule has 24 heavy (non-hydrogen) atoms. The van der Waals surface area contributed by atoms with Crippen molar-refractivity contribution in [2.75, 3.05) is 12.4 Å². The third-order valence-electron chi connectivity index (χ3n) is 4.30. The number of hydrogen-bond donors (Lipinski definition) is 0. The fourth-order valence-electron chi connectivity index (χ4n) is 3.07. The number of hydrogen-bond acceptors (Lipinski definition) is 6. The van der Waals surface area contributed by atoms with Crippen molar-refractivity contribution < 1.29 is 9.53 Å². The Morgan fingerprint density at radius 1 is 1.46 bits per heavy atom. The normalized spacial score (nSPS) is 16.9. The molecule has 2 aromatic rings. The lowest BCUT2D eigenvalue weighted by atomic mass is 9.88. The van der Waals surface area contributed by atoms with Crippen LogP contribution < -0.4 is 0 Å². The topological polar surface area (TPSA) is 57.0 Å². The lowest BCUT2D eigenvalue weighted by Crippen LogP contribution is -2.10. The summed E-state index contributed by atoms with van der Waals surface area (Å²) in [6, 6.07) is 0. The van der Waals surface area contributed by atoms with Crippen molar-refractivity contribution in [3.05, 3.63) is 15.8 Å². The summed E-state index contributed by atoms with van der Waals surface area (Å²) in [5.74, 6) is 1.75. The van der Waals surface area contributed by atoms with Gasteiger partial charge in [0.15, 0.2) is 11.0 Å². The van der Waals surface area contributed by atoms with Gasteiger partial charge >= 0.3 is 5.97 Å². The highest BCUT2D eigenvalue weighted by Gasteiger charge is 2.24. The van der Waals surface area contributed by atoms with Crippen molar-refractivity contribution in [1.82, 2.24) is 14.8 Å². The number of thioether (sulfide) groups is 1. The first-order chi connectivity index (χ1) is 11.6. The summed E-state index contributed by atoms with van der Waals surface area (Å²) in [5, 5.41) is 11.7. The monoisotopic (exact) mass is 365 g/mol. The van der Waals surface area contributed by atoms with Crippen molar-refractivity contribution in [3.63, 3.8) is 0 Å². The maximum atomic E-state index is 11.6. The molecule has 1 aliphatic rings. The molecule has 0 fully saturated rings. The van der Waals surface area contributed by atoms with Gasteiger partial charge in [-0.15, -0.1) is 21.5 Å². The Morgan fingerprint density at radius 3 is 3.04 bits per heavy atom. The molecule has 0 N–H and O–H groups in total. The number of rotatable bonds is 6. The minimum atomic E-state index is -0.211. The number of ether oxygens (including phenoxy) is 1. The molecule has 3 rings (SSSR count). The van der Waals surface area contributed by atoms with Crippen LogP contribution in [0.4, 0.5) is 0 Å². The van der Waals surface area contributed by atoms with E-state index in [4.69, 9.17) is 4.74 Å². The molecule has 130 valence electrons. The predicted molar refractivity (Wildman–Crippen MR) is 97.6 cm³/mol. The molecule has 5 nitrogen and oxygen atoms in total. The van der Waals surface area contributed by atoms with Crippen LogP contribution >= 0.6 is 23.1 Å². The van der Waals surface area contributed by atoms with Gasteiger partial charge < -0.3 is 9.30 Å². The number of nitrogens with zero attached hydrogens (tertiary/aromatic N) is 3. The molecule has 0 saturated carbocycles. The molecule has 7 heteroatoms. The van der Waals surface area contributed by atoms with Gasteiger partial charge in [-0.2, -0.15) is 0 Å². The summed E-state index contributed by atoms with van der Waals surface area (Å²) < 4.78 is 7.09. The van der Waals surface area contributed by atoms with Gasteiger partial charge in [-0.25, -0.2) is 0 Å². The van der Waals surface area contributed by atoms with E-state index in [1.165, 1.54) is 40.6 Å². The first kappa shape index (κ1) is 17.5. The van der Waals surface area contributed by atoms with Crippen molar-refractivity contribution in [2.45, 2.75) is 51.7 Å². The van der Waals surface area contributed by atoms with Crippen LogP contribution in [-0.2, 0) is 28.9 Å². The molecule has 0 unspecified atom stereocenters. The minimum Gasteiger partial charge on any atom is -0.465 e. The van der Waals surface area contributed by atoms with Crippen LogP contribution in [0, 0.1) is 5.92 Å². The largest absolute Gasteiger partial charge is 0.465 e. The number of carbonyl (C=O) groups excluding carboxylic acids is 1. The third-order valence-corrected chi connectivity index (χ3v) is 6.29. The van der Waals surface area contributed by atoms with E-state index in [2.05, 4.69) is 34.0 Å². The first-order valence-corrected chi connectivity index (χ1v) is 10.3. The molecule has 2 heterocycles. The molecule has 0 spiro atoms. The minimum absolute atomic E-state index is 0.211. The Bertz CT molecular complexity index is 723. The van der Waals surface area contributed by atoms with E-state index in [1.54, 1.807) is 0 Å². The number of thiophene rings is 1. The van der Waals surface area contributed by atoms with Gasteiger partial charge in [-0.1, -0.05) is 18.7 Å². The molecular formula is C17H23N3O2S2.